The number of carboxylic acid groups (broad SMARTS) is 1. The predicted octanol–water partition coefficient (Wildman–Crippen LogP) is -3.38. The maximum atomic E-state index is 12.3. The molecule has 0 bridgehead atoms. The number of hydrogen-bond donors (Lipinski definition) is 1. The molecule has 0 spiro atoms. The molecule has 2 aliphatic rings. The van der Waals surface area contributed by atoms with Crippen LogP contribution in [0.4, 0.5) is 0 Å². The fourth-order valence-corrected chi connectivity index (χ4v) is 4.76. The van der Waals surface area contributed by atoms with E-state index < -0.39 is 18.0 Å². The number of nitrogens with zero attached hydrogens (tertiary/aromatic N) is 3. The zero-order valence-corrected chi connectivity index (χ0v) is 17.4. The number of β-lactam (4-membered cyclic amide) rings is 1. The Bertz CT molecular complexity index is 918. The first-order chi connectivity index (χ1) is 12.0. The Kier molecular flexibility index (Phi) is 5.31. The van der Waals surface area contributed by atoms with Crippen LogP contribution in [0.2, 0.25) is 0 Å². The van der Waals surface area contributed by atoms with E-state index in [1.807, 2.05) is 9.78 Å². The second-order valence-corrected chi connectivity index (χ2v) is 7.14. The van der Waals surface area contributed by atoms with Crippen LogP contribution < -0.4 is 34.7 Å². The van der Waals surface area contributed by atoms with Crippen LogP contribution in [0, 0.1) is 5.92 Å². The van der Waals surface area contributed by atoms with Gasteiger partial charge in [0.25, 0.3) is 0 Å². The van der Waals surface area contributed by atoms with Crippen LogP contribution in [-0.4, -0.2) is 50.5 Å². The van der Waals surface area contributed by atoms with Crippen molar-refractivity contribution in [3.8, 4) is 0 Å². The van der Waals surface area contributed by atoms with Crippen molar-refractivity contribution in [1.29, 1.82) is 0 Å². The molecule has 2 aliphatic heterocycles. The van der Waals surface area contributed by atoms with Gasteiger partial charge in [0.15, 0.2) is 0 Å². The van der Waals surface area contributed by atoms with Crippen molar-refractivity contribution in [2.24, 2.45) is 5.92 Å². The molecule has 1 saturated heterocycles. The Morgan fingerprint density at radius 2 is 2.31 bits per heavy atom. The van der Waals surface area contributed by atoms with Gasteiger partial charge in [-0.05, 0) is 13.3 Å². The van der Waals surface area contributed by atoms with E-state index in [4.69, 9.17) is 4.74 Å². The molecule has 0 saturated carbocycles. The summed E-state index contributed by atoms with van der Waals surface area (Å²) in [7, 11) is 1.58. The molecule has 2 aromatic rings. The van der Waals surface area contributed by atoms with Crippen LogP contribution in [0.25, 0.3) is 10.4 Å². The second kappa shape index (κ2) is 7.06. The van der Waals surface area contributed by atoms with Crippen LogP contribution in [0.15, 0.2) is 17.4 Å². The van der Waals surface area contributed by atoms with Gasteiger partial charge in [-0.15, -0.1) is 11.3 Å². The largest absolute Gasteiger partial charge is 1.00 e. The third-order valence-corrected chi connectivity index (χ3v) is 5.85. The smallest absolute Gasteiger partial charge is 0.543 e. The molecular weight excluding hydrogens is 369 g/mol. The summed E-state index contributed by atoms with van der Waals surface area (Å²) in [5.74, 6) is -2.33. The number of amides is 1. The molecular formula is C16H16N3NaO5S. The topological polar surface area (TPSA) is 107 Å². The van der Waals surface area contributed by atoms with Gasteiger partial charge >= 0.3 is 29.6 Å². The summed E-state index contributed by atoms with van der Waals surface area (Å²) < 4.78 is 6.93. The number of carbonyl (C=O) groups is 2. The van der Waals surface area contributed by atoms with E-state index >= 15 is 0 Å². The summed E-state index contributed by atoms with van der Waals surface area (Å²) in [6.45, 7) is 1.91. The summed E-state index contributed by atoms with van der Waals surface area (Å²) in [5, 5.41) is 23.4. The number of fused-ring (bicyclic) bond motifs is 2. The molecule has 26 heavy (non-hydrogen) atoms. The maximum absolute atomic E-state index is 12.3. The zero-order chi connectivity index (χ0) is 17.9. The van der Waals surface area contributed by atoms with Crippen molar-refractivity contribution in [1.82, 2.24) is 14.3 Å². The first-order valence-corrected chi connectivity index (χ1v) is 8.72. The Labute approximate surface area is 175 Å². The van der Waals surface area contributed by atoms with Gasteiger partial charge in [-0.2, -0.15) is 0 Å². The number of methoxy groups -OCH3 is 1. The van der Waals surface area contributed by atoms with Gasteiger partial charge in [0.1, 0.15) is 16.9 Å². The first kappa shape index (κ1) is 19.5. The van der Waals surface area contributed by atoms with E-state index in [9.17, 15) is 19.8 Å². The second-order valence-electron chi connectivity index (χ2n) is 6.28. The molecule has 10 heteroatoms. The molecule has 4 heterocycles. The number of ether oxygens (including phenoxy) is 1. The Morgan fingerprint density at radius 3 is 2.92 bits per heavy atom. The Balaban J connectivity index is 0.00000196. The van der Waals surface area contributed by atoms with Crippen LogP contribution in [0.1, 0.15) is 24.7 Å². The first-order valence-electron chi connectivity index (χ1n) is 7.84. The van der Waals surface area contributed by atoms with E-state index in [-0.39, 0.29) is 47.2 Å². The summed E-state index contributed by atoms with van der Waals surface area (Å²) >= 11 is 1.44. The number of hydrogen-bond acceptors (Lipinski definition) is 7. The van der Waals surface area contributed by atoms with Crippen LogP contribution in [-0.2, 0) is 20.9 Å². The third-order valence-electron chi connectivity index (χ3n) is 4.85. The zero-order valence-electron chi connectivity index (χ0n) is 14.6. The van der Waals surface area contributed by atoms with Gasteiger partial charge in [0.2, 0.25) is 5.91 Å². The molecule has 0 aliphatic carbocycles. The van der Waals surface area contributed by atoms with Crippen LogP contribution >= 0.6 is 11.3 Å². The number of aromatic nitrogens is 2. The molecule has 4 rings (SSSR count). The standard InChI is InChI=1S/C16H17N3O5S.Na/c1-7(20)12-10-3-8(13(16(22)23)19(10)14(12)21)11-5-25-15-9(4-24-2)17-6-18(11)15;/h5-7,10,12,20H,3-4H2,1-2H3,(H,22,23);/q;+1/p-1/t7-,10-,12-;/m1./s1. The Morgan fingerprint density at radius 1 is 1.58 bits per heavy atom. The number of carboxylic acids is 1. The van der Waals surface area contributed by atoms with Gasteiger partial charge in [0, 0.05) is 18.1 Å². The molecule has 0 unspecified atom stereocenters. The minimum absolute atomic E-state index is 0. The van der Waals surface area contributed by atoms with Gasteiger partial charge in [-0.3, -0.25) is 9.20 Å². The van der Waals surface area contributed by atoms with E-state index in [0.29, 0.717) is 24.3 Å². The molecule has 1 N–H and O–H groups in total. The minimum atomic E-state index is -1.38. The van der Waals surface area contributed by atoms with Crippen LogP contribution in [0.3, 0.4) is 0 Å². The Hall–Kier alpha value is -1.23. The number of aliphatic hydroxyl groups is 1. The number of carbonyl (C=O) groups excluding carboxylic acids is 2. The van der Waals surface area contributed by atoms with Gasteiger partial charge < -0.3 is 24.6 Å². The molecule has 1 amide bonds. The SMILES string of the molecule is COCc1ncn2c(C3=C(C(=O)[O-])N4C(=O)[C@H]([C@@H](C)O)[C@H]4C3)csc12.[Na+]. The van der Waals surface area contributed by atoms with Gasteiger partial charge in [0.05, 0.1) is 42.0 Å². The fourth-order valence-electron chi connectivity index (χ4n) is 3.78. The number of rotatable bonds is 5. The number of imidazole rings is 1. The molecule has 1 fully saturated rings. The average molecular weight is 385 g/mol. The molecule has 0 radical (unpaired) electrons. The van der Waals surface area contributed by atoms with Gasteiger partial charge in [-0.1, -0.05) is 0 Å². The molecule has 8 nitrogen and oxygen atoms in total. The van der Waals surface area contributed by atoms with E-state index in [1.54, 1.807) is 20.4 Å². The number of aliphatic carboxylic acids is 1. The van der Waals surface area contributed by atoms with Crippen molar-refractivity contribution in [2.75, 3.05) is 7.11 Å². The maximum Gasteiger partial charge on any atom is 1.00 e. The van der Waals surface area contributed by atoms with Crippen molar-refractivity contribution < 1.29 is 54.1 Å². The molecule has 0 aromatic carbocycles. The summed E-state index contributed by atoms with van der Waals surface area (Å²) in [5.41, 5.74) is 1.89. The summed E-state index contributed by atoms with van der Waals surface area (Å²) in [6.07, 6.45) is 1.17. The predicted molar refractivity (Wildman–Crippen MR) is 86.1 cm³/mol. The number of thiazole rings is 1. The van der Waals surface area contributed by atoms with Crippen molar-refractivity contribution in [2.45, 2.75) is 32.1 Å². The van der Waals surface area contributed by atoms with E-state index in [0.717, 1.165) is 10.5 Å². The molecule has 2 aromatic heterocycles. The fraction of sp³-hybridized carbons (Fsp3) is 0.438. The third kappa shape index (κ3) is 2.65. The quantitative estimate of drug-likeness (QED) is 0.425. The van der Waals surface area contributed by atoms with Crippen molar-refractivity contribution in [3.63, 3.8) is 0 Å². The summed E-state index contributed by atoms with van der Waals surface area (Å²) in [4.78, 5) is 30.4. The monoisotopic (exact) mass is 385 g/mol. The van der Waals surface area contributed by atoms with Crippen LogP contribution in [0.5, 0.6) is 0 Å². The van der Waals surface area contributed by atoms with E-state index in [1.165, 1.54) is 16.2 Å². The number of aliphatic hydroxyl groups excluding tert-OH is 1. The summed E-state index contributed by atoms with van der Waals surface area (Å²) in [6, 6.07) is -0.340. The van der Waals surface area contributed by atoms with Crippen molar-refractivity contribution in [3.05, 3.63) is 28.8 Å². The molecule has 132 valence electrons. The minimum Gasteiger partial charge on any atom is -0.543 e. The van der Waals surface area contributed by atoms with Gasteiger partial charge in [-0.25, -0.2) is 4.98 Å². The average Bonchev–Trinajstić information content (AvgIpc) is 3.19. The normalized spacial score (nSPS) is 23.0. The van der Waals surface area contributed by atoms with Crippen molar-refractivity contribution >= 4 is 33.6 Å². The van der Waals surface area contributed by atoms with E-state index in [2.05, 4.69) is 4.98 Å². The molecule has 3 atom stereocenters.